The van der Waals surface area contributed by atoms with E-state index in [0.29, 0.717) is 19.1 Å². The topological polar surface area (TPSA) is 41.6 Å². The van der Waals surface area contributed by atoms with Gasteiger partial charge in [0.1, 0.15) is 5.75 Å². The summed E-state index contributed by atoms with van der Waals surface area (Å²) in [5.74, 6) is 1.11. The molecule has 1 aliphatic rings. The average molecular weight is 388 g/mol. The summed E-state index contributed by atoms with van der Waals surface area (Å²) in [6, 6.07) is 8.35. The van der Waals surface area contributed by atoms with E-state index in [0.717, 1.165) is 31.8 Å². The van der Waals surface area contributed by atoms with Gasteiger partial charge in [0.25, 0.3) is 0 Å². The molecule has 2 rings (SSSR count). The van der Waals surface area contributed by atoms with Crippen molar-refractivity contribution in [3.05, 3.63) is 27.8 Å². The van der Waals surface area contributed by atoms with Crippen molar-refractivity contribution < 1.29 is 9.53 Å². The molecule has 1 aromatic rings. The van der Waals surface area contributed by atoms with Crippen molar-refractivity contribution in [1.29, 1.82) is 0 Å². The Morgan fingerprint density at radius 3 is 2.90 bits per heavy atom. The largest absolute Gasteiger partial charge is 0.494 e. The summed E-state index contributed by atoms with van der Waals surface area (Å²) in [4.78, 5) is 14.0. The zero-order valence-corrected chi connectivity index (χ0v) is 13.9. The molecule has 0 bridgehead atoms. The van der Waals surface area contributed by atoms with Crippen LogP contribution in [-0.4, -0.2) is 43.1 Å². The van der Waals surface area contributed by atoms with Gasteiger partial charge in [0, 0.05) is 35.7 Å². The Morgan fingerprint density at radius 1 is 1.45 bits per heavy atom. The van der Waals surface area contributed by atoms with Gasteiger partial charge < -0.3 is 15.0 Å². The van der Waals surface area contributed by atoms with Gasteiger partial charge in [-0.2, -0.15) is 0 Å². The van der Waals surface area contributed by atoms with Crippen LogP contribution >= 0.6 is 22.6 Å². The summed E-state index contributed by atoms with van der Waals surface area (Å²) >= 11 is 2.27. The number of piperazine rings is 1. The standard InChI is InChI=1S/C15H21IN2O2/c1-12-11-18(9-8-17-12)15(19)3-2-10-20-14-6-4-13(16)5-7-14/h4-7,12,17H,2-3,8-11H2,1H3. The Kier molecular flexibility index (Phi) is 6.09. The second-order valence-electron chi connectivity index (χ2n) is 5.10. The van der Waals surface area contributed by atoms with E-state index in [2.05, 4.69) is 34.8 Å². The minimum Gasteiger partial charge on any atom is -0.494 e. The highest BCUT2D eigenvalue weighted by atomic mass is 127. The number of amides is 1. The van der Waals surface area contributed by atoms with Crippen LogP contribution in [0.15, 0.2) is 24.3 Å². The molecule has 0 aliphatic carbocycles. The van der Waals surface area contributed by atoms with Crippen LogP contribution in [0.5, 0.6) is 5.75 Å². The van der Waals surface area contributed by atoms with E-state index in [-0.39, 0.29) is 5.91 Å². The van der Waals surface area contributed by atoms with Crippen LogP contribution in [0.1, 0.15) is 19.8 Å². The molecular formula is C15H21IN2O2. The number of ether oxygens (including phenoxy) is 1. The molecule has 4 nitrogen and oxygen atoms in total. The predicted octanol–water partition coefficient (Wildman–Crippen LogP) is 2.27. The highest BCUT2D eigenvalue weighted by molar-refractivity contribution is 14.1. The summed E-state index contributed by atoms with van der Waals surface area (Å²) in [5, 5.41) is 3.34. The van der Waals surface area contributed by atoms with E-state index in [1.807, 2.05) is 29.2 Å². The summed E-state index contributed by atoms with van der Waals surface area (Å²) in [7, 11) is 0. The molecule has 110 valence electrons. The second kappa shape index (κ2) is 7.83. The summed E-state index contributed by atoms with van der Waals surface area (Å²) < 4.78 is 6.83. The third-order valence-corrected chi connectivity index (χ3v) is 4.06. The van der Waals surface area contributed by atoms with Crippen LogP contribution in [0.3, 0.4) is 0 Å². The zero-order valence-electron chi connectivity index (χ0n) is 11.8. The molecule has 1 fully saturated rings. The van der Waals surface area contributed by atoms with E-state index in [9.17, 15) is 4.79 Å². The number of nitrogens with zero attached hydrogens (tertiary/aromatic N) is 1. The number of nitrogens with one attached hydrogen (secondary N) is 1. The SMILES string of the molecule is CC1CN(C(=O)CCCOc2ccc(I)cc2)CCN1. The Balaban J connectivity index is 1.65. The van der Waals surface area contributed by atoms with E-state index in [4.69, 9.17) is 4.74 Å². The number of carbonyl (C=O) groups is 1. The minimum atomic E-state index is 0.240. The highest BCUT2D eigenvalue weighted by Gasteiger charge is 2.19. The molecule has 0 saturated carbocycles. The smallest absolute Gasteiger partial charge is 0.222 e. The van der Waals surface area contributed by atoms with Crippen molar-refractivity contribution in [2.24, 2.45) is 0 Å². The van der Waals surface area contributed by atoms with Gasteiger partial charge in [0.2, 0.25) is 5.91 Å². The fourth-order valence-corrected chi connectivity index (χ4v) is 2.62. The van der Waals surface area contributed by atoms with Crippen molar-refractivity contribution in [3.8, 4) is 5.75 Å². The number of rotatable bonds is 5. The molecule has 1 aliphatic heterocycles. The maximum atomic E-state index is 12.0. The van der Waals surface area contributed by atoms with Crippen LogP contribution in [0.4, 0.5) is 0 Å². The fourth-order valence-electron chi connectivity index (χ4n) is 2.26. The van der Waals surface area contributed by atoms with Crippen LogP contribution in [-0.2, 0) is 4.79 Å². The van der Waals surface area contributed by atoms with Gasteiger partial charge in [-0.15, -0.1) is 0 Å². The Bertz CT molecular complexity index is 436. The van der Waals surface area contributed by atoms with Crippen LogP contribution in [0.2, 0.25) is 0 Å². The first-order valence-corrected chi connectivity index (χ1v) is 8.12. The summed E-state index contributed by atoms with van der Waals surface area (Å²) in [5.41, 5.74) is 0. The van der Waals surface area contributed by atoms with Gasteiger partial charge >= 0.3 is 0 Å². The molecule has 1 N–H and O–H groups in total. The molecule has 1 unspecified atom stereocenters. The van der Waals surface area contributed by atoms with Crippen molar-refractivity contribution in [3.63, 3.8) is 0 Å². The maximum absolute atomic E-state index is 12.0. The van der Waals surface area contributed by atoms with Gasteiger partial charge in [0.15, 0.2) is 0 Å². The third-order valence-electron chi connectivity index (χ3n) is 3.34. The van der Waals surface area contributed by atoms with Crippen LogP contribution < -0.4 is 10.1 Å². The molecule has 0 aromatic heterocycles. The van der Waals surface area contributed by atoms with Crippen LogP contribution in [0, 0.1) is 3.57 Å². The first-order valence-electron chi connectivity index (χ1n) is 7.04. The molecule has 5 heteroatoms. The lowest BCUT2D eigenvalue weighted by molar-refractivity contribution is -0.132. The lowest BCUT2D eigenvalue weighted by atomic mass is 10.2. The van der Waals surface area contributed by atoms with E-state index in [1.54, 1.807) is 0 Å². The molecule has 1 atom stereocenters. The summed E-state index contributed by atoms with van der Waals surface area (Å²) in [6.07, 6.45) is 1.33. The molecule has 1 saturated heterocycles. The first-order chi connectivity index (χ1) is 9.65. The number of hydrogen-bond acceptors (Lipinski definition) is 3. The number of halogens is 1. The highest BCUT2D eigenvalue weighted by Crippen LogP contribution is 2.14. The Morgan fingerprint density at radius 2 is 2.20 bits per heavy atom. The number of benzene rings is 1. The van der Waals surface area contributed by atoms with Crippen molar-refractivity contribution in [2.75, 3.05) is 26.2 Å². The maximum Gasteiger partial charge on any atom is 0.222 e. The van der Waals surface area contributed by atoms with Crippen molar-refractivity contribution in [2.45, 2.75) is 25.8 Å². The van der Waals surface area contributed by atoms with E-state index >= 15 is 0 Å². The van der Waals surface area contributed by atoms with Crippen molar-refractivity contribution in [1.82, 2.24) is 10.2 Å². The first kappa shape index (κ1) is 15.6. The lowest BCUT2D eigenvalue weighted by Gasteiger charge is -2.32. The summed E-state index contributed by atoms with van der Waals surface area (Å²) in [6.45, 7) is 5.23. The molecule has 0 spiro atoms. The normalized spacial score (nSPS) is 18.9. The second-order valence-corrected chi connectivity index (χ2v) is 6.35. The average Bonchev–Trinajstić information content (AvgIpc) is 2.45. The molecular weight excluding hydrogens is 367 g/mol. The monoisotopic (exact) mass is 388 g/mol. The van der Waals surface area contributed by atoms with E-state index in [1.165, 1.54) is 3.57 Å². The van der Waals surface area contributed by atoms with Gasteiger partial charge in [-0.05, 0) is 60.2 Å². The molecule has 20 heavy (non-hydrogen) atoms. The fraction of sp³-hybridized carbons (Fsp3) is 0.533. The van der Waals surface area contributed by atoms with Crippen molar-refractivity contribution >= 4 is 28.5 Å². The van der Waals surface area contributed by atoms with E-state index < -0.39 is 0 Å². The Labute approximate surface area is 134 Å². The van der Waals surface area contributed by atoms with Gasteiger partial charge in [-0.1, -0.05) is 0 Å². The quantitative estimate of drug-likeness (QED) is 0.622. The Hall–Kier alpha value is -0.820. The zero-order chi connectivity index (χ0) is 14.4. The lowest BCUT2D eigenvalue weighted by Crippen LogP contribution is -2.51. The molecule has 1 aromatic carbocycles. The third kappa shape index (κ3) is 4.94. The predicted molar refractivity (Wildman–Crippen MR) is 87.9 cm³/mol. The molecule has 1 amide bonds. The van der Waals surface area contributed by atoms with Gasteiger partial charge in [0.05, 0.1) is 6.61 Å². The van der Waals surface area contributed by atoms with Crippen LogP contribution in [0.25, 0.3) is 0 Å². The number of hydrogen-bond donors (Lipinski definition) is 1. The minimum absolute atomic E-state index is 0.240. The molecule has 1 heterocycles. The van der Waals surface area contributed by atoms with Gasteiger partial charge in [-0.25, -0.2) is 0 Å². The van der Waals surface area contributed by atoms with Gasteiger partial charge in [-0.3, -0.25) is 4.79 Å². The molecule has 0 radical (unpaired) electrons. The number of carbonyl (C=O) groups excluding carboxylic acids is 1.